The molecule has 116 valence electrons. The summed E-state index contributed by atoms with van der Waals surface area (Å²) in [7, 11) is 3.61. The van der Waals surface area contributed by atoms with Crippen molar-refractivity contribution in [3.05, 3.63) is 34.9 Å². The minimum Gasteiger partial charge on any atom is -0.331 e. The SMILES string of the molecule is CN(C)C(=O)N1CCN(CCCc2ccccc2Cl)CC1. The van der Waals surface area contributed by atoms with Crippen LogP contribution < -0.4 is 0 Å². The Morgan fingerprint density at radius 3 is 2.48 bits per heavy atom. The maximum atomic E-state index is 11.9. The third-order valence-corrected chi connectivity index (χ3v) is 4.27. The minimum absolute atomic E-state index is 0.116. The molecule has 2 rings (SSSR count). The van der Waals surface area contributed by atoms with Gasteiger partial charge in [-0.15, -0.1) is 0 Å². The number of hydrogen-bond acceptors (Lipinski definition) is 2. The van der Waals surface area contributed by atoms with Gasteiger partial charge in [-0.25, -0.2) is 4.79 Å². The van der Waals surface area contributed by atoms with E-state index in [1.165, 1.54) is 5.56 Å². The van der Waals surface area contributed by atoms with E-state index in [2.05, 4.69) is 11.0 Å². The van der Waals surface area contributed by atoms with Crippen LogP contribution >= 0.6 is 11.6 Å². The van der Waals surface area contributed by atoms with Gasteiger partial charge in [0.1, 0.15) is 0 Å². The molecular weight excluding hydrogens is 286 g/mol. The predicted molar refractivity (Wildman–Crippen MR) is 86.9 cm³/mol. The van der Waals surface area contributed by atoms with Crippen molar-refractivity contribution in [1.82, 2.24) is 14.7 Å². The number of rotatable bonds is 4. The maximum Gasteiger partial charge on any atom is 0.319 e. The minimum atomic E-state index is 0.116. The summed E-state index contributed by atoms with van der Waals surface area (Å²) < 4.78 is 0. The fraction of sp³-hybridized carbons (Fsp3) is 0.562. The number of nitrogens with zero attached hydrogens (tertiary/aromatic N) is 3. The van der Waals surface area contributed by atoms with E-state index in [4.69, 9.17) is 11.6 Å². The van der Waals surface area contributed by atoms with Gasteiger partial charge in [-0.3, -0.25) is 4.90 Å². The molecule has 0 atom stereocenters. The van der Waals surface area contributed by atoms with Gasteiger partial charge < -0.3 is 9.80 Å². The normalized spacial score (nSPS) is 16.0. The lowest BCUT2D eigenvalue weighted by Gasteiger charge is -2.35. The highest BCUT2D eigenvalue weighted by molar-refractivity contribution is 6.31. The molecule has 1 saturated heterocycles. The Morgan fingerprint density at radius 1 is 1.19 bits per heavy atom. The number of amides is 2. The highest BCUT2D eigenvalue weighted by Gasteiger charge is 2.21. The van der Waals surface area contributed by atoms with Gasteiger partial charge in [0.2, 0.25) is 0 Å². The molecule has 0 aliphatic carbocycles. The molecule has 1 aliphatic heterocycles. The Hall–Kier alpha value is -1.26. The molecule has 21 heavy (non-hydrogen) atoms. The summed E-state index contributed by atoms with van der Waals surface area (Å²) in [6, 6.07) is 8.16. The van der Waals surface area contributed by atoms with Crippen LogP contribution in [-0.4, -0.2) is 67.5 Å². The number of hydrogen-bond donors (Lipinski definition) is 0. The summed E-state index contributed by atoms with van der Waals surface area (Å²) in [6.45, 7) is 4.63. The molecule has 1 aliphatic rings. The van der Waals surface area contributed by atoms with Crippen molar-refractivity contribution < 1.29 is 4.79 Å². The Morgan fingerprint density at radius 2 is 1.86 bits per heavy atom. The van der Waals surface area contributed by atoms with Crippen LogP contribution in [0.3, 0.4) is 0 Å². The van der Waals surface area contributed by atoms with E-state index in [1.54, 1.807) is 19.0 Å². The molecule has 0 aromatic heterocycles. The lowest BCUT2D eigenvalue weighted by molar-refractivity contribution is 0.122. The molecule has 1 aromatic rings. The van der Waals surface area contributed by atoms with Crippen LogP contribution in [0.15, 0.2) is 24.3 Å². The zero-order valence-corrected chi connectivity index (χ0v) is 13.6. The molecule has 0 radical (unpaired) electrons. The number of urea groups is 1. The number of carbonyl (C=O) groups excluding carboxylic acids is 1. The standard InChI is InChI=1S/C16H24ClN3O/c1-18(2)16(21)20-12-10-19(11-13-20)9-5-7-14-6-3-4-8-15(14)17/h3-4,6,8H,5,7,9-13H2,1-2H3. The van der Waals surface area contributed by atoms with Gasteiger partial charge >= 0.3 is 6.03 Å². The molecule has 5 heteroatoms. The molecule has 4 nitrogen and oxygen atoms in total. The van der Waals surface area contributed by atoms with Crippen LogP contribution in [0.5, 0.6) is 0 Å². The quantitative estimate of drug-likeness (QED) is 0.854. The lowest BCUT2D eigenvalue weighted by atomic mass is 10.1. The summed E-state index contributed by atoms with van der Waals surface area (Å²) in [5.74, 6) is 0. The molecule has 1 fully saturated rings. The summed E-state index contributed by atoms with van der Waals surface area (Å²) in [6.07, 6.45) is 2.11. The summed E-state index contributed by atoms with van der Waals surface area (Å²) in [5, 5.41) is 0.860. The van der Waals surface area contributed by atoms with Gasteiger partial charge in [0.25, 0.3) is 0 Å². The van der Waals surface area contributed by atoms with E-state index >= 15 is 0 Å². The first-order valence-corrected chi connectivity index (χ1v) is 7.87. The molecule has 0 unspecified atom stereocenters. The van der Waals surface area contributed by atoms with Crippen molar-refractivity contribution in [2.45, 2.75) is 12.8 Å². The molecule has 0 N–H and O–H groups in total. The van der Waals surface area contributed by atoms with Gasteiger partial charge in [0.15, 0.2) is 0 Å². The molecule has 2 amide bonds. The molecule has 0 bridgehead atoms. The first kappa shape index (κ1) is 16.1. The number of piperazine rings is 1. The van der Waals surface area contributed by atoms with E-state index in [0.717, 1.165) is 50.6 Å². The van der Waals surface area contributed by atoms with E-state index in [9.17, 15) is 4.79 Å². The van der Waals surface area contributed by atoms with Gasteiger partial charge in [0, 0.05) is 45.3 Å². The molecule has 1 aromatic carbocycles. The largest absolute Gasteiger partial charge is 0.331 e. The average Bonchev–Trinajstić information content (AvgIpc) is 2.49. The van der Waals surface area contributed by atoms with Crippen LogP contribution in [-0.2, 0) is 6.42 Å². The van der Waals surface area contributed by atoms with Crippen molar-refractivity contribution in [2.75, 3.05) is 46.8 Å². The van der Waals surface area contributed by atoms with Crippen LogP contribution in [0.25, 0.3) is 0 Å². The smallest absolute Gasteiger partial charge is 0.319 e. The highest BCUT2D eigenvalue weighted by Crippen LogP contribution is 2.17. The number of aryl methyl sites for hydroxylation is 1. The van der Waals surface area contributed by atoms with E-state index < -0.39 is 0 Å². The molecule has 0 saturated carbocycles. The number of benzene rings is 1. The first-order valence-electron chi connectivity index (χ1n) is 7.50. The Balaban J connectivity index is 1.70. The summed E-state index contributed by atoms with van der Waals surface area (Å²) in [4.78, 5) is 17.9. The Kier molecular flexibility index (Phi) is 5.88. The van der Waals surface area contributed by atoms with Crippen molar-refractivity contribution >= 4 is 17.6 Å². The van der Waals surface area contributed by atoms with Crippen LogP contribution in [0.2, 0.25) is 5.02 Å². The fourth-order valence-electron chi connectivity index (χ4n) is 2.64. The number of carbonyl (C=O) groups is 1. The van der Waals surface area contributed by atoms with Crippen molar-refractivity contribution in [3.8, 4) is 0 Å². The summed E-state index contributed by atoms with van der Waals surface area (Å²) in [5.41, 5.74) is 1.22. The van der Waals surface area contributed by atoms with Gasteiger partial charge in [-0.2, -0.15) is 0 Å². The Bertz CT molecular complexity index is 470. The van der Waals surface area contributed by atoms with Crippen molar-refractivity contribution in [3.63, 3.8) is 0 Å². The fourth-order valence-corrected chi connectivity index (χ4v) is 2.87. The molecular formula is C16H24ClN3O. The average molecular weight is 310 g/mol. The predicted octanol–water partition coefficient (Wildman–Crippen LogP) is 2.57. The van der Waals surface area contributed by atoms with Crippen molar-refractivity contribution in [2.24, 2.45) is 0 Å². The van der Waals surface area contributed by atoms with Crippen molar-refractivity contribution in [1.29, 1.82) is 0 Å². The maximum absolute atomic E-state index is 11.9. The van der Waals surface area contributed by atoms with Gasteiger partial charge in [-0.05, 0) is 31.0 Å². The zero-order chi connectivity index (χ0) is 15.2. The topological polar surface area (TPSA) is 26.8 Å². The van der Waals surface area contributed by atoms with Crippen LogP contribution in [0.4, 0.5) is 4.79 Å². The van der Waals surface area contributed by atoms with Crippen LogP contribution in [0.1, 0.15) is 12.0 Å². The molecule has 1 heterocycles. The monoisotopic (exact) mass is 309 g/mol. The second-order valence-corrected chi connectivity index (χ2v) is 6.11. The summed E-state index contributed by atoms with van der Waals surface area (Å²) >= 11 is 6.17. The van der Waals surface area contributed by atoms with E-state index in [-0.39, 0.29) is 6.03 Å². The lowest BCUT2D eigenvalue weighted by Crippen LogP contribution is -2.51. The van der Waals surface area contributed by atoms with E-state index in [0.29, 0.717) is 0 Å². The van der Waals surface area contributed by atoms with Crippen LogP contribution in [0, 0.1) is 0 Å². The second-order valence-electron chi connectivity index (χ2n) is 5.70. The second kappa shape index (κ2) is 7.66. The third-order valence-electron chi connectivity index (χ3n) is 3.90. The zero-order valence-electron chi connectivity index (χ0n) is 12.9. The number of halogens is 1. The third kappa shape index (κ3) is 4.61. The highest BCUT2D eigenvalue weighted by atomic mass is 35.5. The van der Waals surface area contributed by atoms with Gasteiger partial charge in [0.05, 0.1) is 0 Å². The first-order chi connectivity index (χ1) is 10.1. The van der Waals surface area contributed by atoms with E-state index in [1.807, 2.05) is 23.1 Å². The Labute approximate surface area is 132 Å². The molecule has 0 spiro atoms. The van der Waals surface area contributed by atoms with Gasteiger partial charge in [-0.1, -0.05) is 29.8 Å².